The normalized spacial score (nSPS) is 60.5. The van der Waals surface area contributed by atoms with E-state index >= 15 is 0 Å². The Kier molecular flexibility index (Phi) is 1.66. The van der Waals surface area contributed by atoms with Gasteiger partial charge in [0.05, 0.1) is 12.2 Å². The molecule has 1 saturated heterocycles. The molecule has 68 valence electrons. The fourth-order valence-corrected chi connectivity index (χ4v) is 4.25. The van der Waals surface area contributed by atoms with Gasteiger partial charge in [-0.3, -0.25) is 0 Å². The lowest BCUT2D eigenvalue weighted by Gasteiger charge is -2.24. The van der Waals surface area contributed by atoms with Gasteiger partial charge in [0.2, 0.25) is 0 Å². The molecule has 0 aromatic carbocycles. The Labute approximate surface area is 82.4 Å². The van der Waals surface area contributed by atoms with Gasteiger partial charge in [-0.2, -0.15) is 0 Å². The fourth-order valence-electron chi connectivity index (χ4n) is 3.34. The molecule has 0 aromatic rings. The molecule has 1 heterocycles. The van der Waals surface area contributed by atoms with Crippen molar-refractivity contribution in [2.45, 2.75) is 18.6 Å². The highest BCUT2D eigenvalue weighted by Crippen LogP contribution is 2.61. The predicted molar refractivity (Wildman–Crippen MR) is 48.7 cm³/mol. The summed E-state index contributed by atoms with van der Waals surface area (Å²) in [5.74, 6) is 4.29. The summed E-state index contributed by atoms with van der Waals surface area (Å²) in [6.45, 7) is 0. The quantitative estimate of drug-likeness (QED) is 0.499. The second kappa shape index (κ2) is 2.52. The third kappa shape index (κ3) is 0.804. The summed E-state index contributed by atoms with van der Waals surface area (Å²) in [5.41, 5.74) is 0. The van der Waals surface area contributed by atoms with E-state index in [1.54, 1.807) is 0 Å². The molecule has 2 bridgehead atoms. The van der Waals surface area contributed by atoms with Crippen LogP contribution >= 0.6 is 23.2 Å². The van der Waals surface area contributed by atoms with E-state index in [0.29, 0.717) is 24.0 Å². The van der Waals surface area contributed by atoms with Crippen LogP contribution in [0.2, 0.25) is 0 Å². The van der Waals surface area contributed by atoms with E-state index < -0.39 is 0 Å². The third-order valence-electron chi connectivity index (χ3n) is 3.96. The molecule has 6 atom stereocenters. The molecule has 0 unspecified atom stereocenters. The first-order valence-corrected chi connectivity index (χ1v) is 5.71. The maximum atomic E-state index is 5.94. The summed E-state index contributed by atoms with van der Waals surface area (Å²) in [7, 11) is 0. The minimum Gasteiger partial charge on any atom is -0.369 e. The topological polar surface area (TPSA) is 12.5 Å². The van der Waals surface area contributed by atoms with Crippen LogP contribution in [-0.4, -0.2) is 24.0 Å². The monoisotopic (exact) mass is 206 g/mol. The molecule has 2 saturated carbocycles. The Morgan fingerprint density at radius 3 is 1.92 bits per heavy atom. The molecular weight excluding hydrogens is 195 g/mol. The summed E-state index contributed by atoms with van der Waals surface area (Å²) >= 11 is 11.9. The zero-order valence-electron chi connectivity index (χ0n) is 6.75. The van der Waals surface area contributed by atoms with E-state index in [1.165, 1.54) is 6.42 Å². The van der Waals surface area contributed by atoms with Crippen molar-refractivity contribution in [3.63, 3.8) is 0 Å². The molecule has 2 aliphatic carbocycles. The van der Waals surface area contributed by atoms with E-state index in [4.69, 9.17) is 27.9 Å². The van der Waals surface area contributed by atoms with Crippen molar-refractivity contribution in [2.75, 3.05) is 11.8 Å². The van der Waals surface area contributed by atoms with Gasteiger partial charge >= 0.3 is 0 Å². The summed E-state index contributed by atoms with van der Waals surface area (Å²) < 4.78 is 5.59. The van der Waals surface area contributed by atoms with E-state index in [9.17, 15) is 0 Å². The van der Waals surface area contributed by atoms with Crippen molar-refractivity contribution < 1.29 is 4.74 Å². The fraction of sp³-hybridized carbons (Fsp3) is 1.00. The van der Waals surface area contributed by atoms with Crippen molar-refractivity contribution in [2.24, 2.45) is 23.7 Å². The van der Waals surface area contributed by atoms with Gasteiger partial charge in [-0.1, -0.05) is 0 Å². The number of epoxide rings is 1. The van der Waals surface area contributed by atoms with Crippen LogP contribution in [0.15, 0.2) is 0 Å². The molecule has 3 heteroatoms. The molecular formula is C9H12Cl2O. The van der Waals surface area contributed by atoms with Crippen LogP contribution in [0.25, 0.3) is 0 Å². The Hall–Kier alpha value is 0.540. The molecule has 0 radical (unpaired) electrons. The first-order valence-electron chi connectivity index (χ1n) is 4.64. The average molecular weight is 207 g/mol. The zero-order chi connectivity index (χ0) is 8.29. The minimum absolute atomic E-state index is 0.568. The highest BCUT2D eigenvalue weighted by atomic mass is 35.5. The third-order valence-corrected chi connectivity index (χ3v) is 4.67. The average Bonchev–Trinajstić information content (AvgIpc) is 2.73. The summed E-state index contributed by atoms with van der Waals surface area (Å²) in [6, 6.07) is 0. The van der Waals surface area contributed by atoms with Gasteiger partial charge in [-0.25, -0.2) is 0 Å². The number of halogens is 2. The van der Waals surface area contributed by atoms with Gasteiger partial charge < -0.3 is 4.74 Å². The Balaban J connectivity index is 1.86. The number of hydrogen-bond acceptors (Lipinski definition) is 1. The molecule has 0 spiro atoms. The van der Waals surface area contributed by atoms with Crippen LogP contribution in [0.1, 0.15) is 6.42 Å². The van der Waals surface area contributed by atoms with Gasteiger partial charge in [0.25, 0.3) is 0 Å². The van der Waals surface area contributed by atoms with Crippen LogP contribution < -0.4 is 0 Å². The van der Waals surface area contributed by atoms with E-state index in [2.05, 4.69) is 0 Å². The smallest absolute Gasteiger partial charge is 0.0876 e. The largest absolute Gasteiger partial charge is 0.369 e. The standard InChI is InChI=1S/C9H12Cl2O/c10-2-6-4-1-5(7(6)3-11)9-8(4)12-9/h4-9H,1-3H2/t4-,5+,6-,7-,8-,9+/m0/s1. The Bertz CT molecular complexity index is 189. The molecule has 0 aromatic heterocycles. The maximum Gasteiger partial charge on any atom is 0.0876 e. The Morgan fingerprint density at radius 1 is 1.00 bits per heavy atom. The highest BCUT2D eigenvalue weighted by molar-refractivity contribution is 6.19. The number of alkyl halides is 2. The molecule has 12 heavy (non-hydrogen) atoms. The maximum absolute atomic E-state index is 5.94. The predicted octanol–water partition coefficient (Wildman–Crippen LogP) is 2.11. The molecule has 0 amide bonds. The van der Waals surface area contributed by atoms with Crippen LogP contribution in [0, 0.1) is 23.7 Å². The zero-order valence-corrected chi connectivity index (χ0v) is 8.26. The van der Waals surface area contributed by atoms with Crippen LogP contribution in [0.4, 0.5) is 0 Å². The van der Waals surface area contributed by atoms with Gasteiger partial charge in [0.1, 0.15) is 0 Å². The molecule has 1 nitrogen and oxygen atoms in total. The SMILES string of the molecule is ClC[C@@H]1[C@@H](CCl)[C@@H]2C[C@H]1[C@H]1O[C@@H]21. The first-order chi connectivity index (χ1) is 5.86. The van der Waals surface area contributed by atoms with E-state index in [0.717, 1.165) is 23.6 Å². The van der Waals surface area contributed by atoms with Gasteiger partial charge in [0.15, 0.2) is 0 Å². The summed E-state index contributed by atoms with van der Waals surface area (Å²) in [4.78, 5) is 0. The molecule has 1 aliphatic heterocycles. The molecule has 3 rings (SSSR count). The van der Waals surface area contributed by atoms with Crippen molar-refractivity contribution in [1.82, 2.24) is 0 Å². The molecule has 0 N–H and O–H groups in total. The molecule has 3 aliphatic rings. The first kappa shape index (κ1) is 7.90. The number of hydrogen-bond donors (Lipinski definition) is 0. The highest BCUT2D eigenvalue weighted by Gasteiger charge is 2.66. The van der Waals surface area contributed by atoms with Gasteiger partial charge in [-0.05, 0) is 30.1 Å². The second-order valence-electron chi connectivity index (χ2n) is 4.27. The van der Waals surface area contributed by atoms with Gasteiger partial charge in [-0.15, -0.1) is 23.2 Å². The summed E-state index contributed by atoms with van der Waals surface area (Å²) in [5, 5.41) is 0. The number of fused-ring (bicyclic) bond motifs is 5. The van der Waals surface area contributed by atoms with Crippen molar-refractivity contribution >= 4 is 23.2 Å². The summed E-state index contributed by atoms with van der Waals surface area (Å²) in [6.07, 6.45) is 2.46. The lowest BCUT2D eigenvalue weighted by atomic mass is 9.81. The van der Waals surface area contributed by atoms with Gasteiger partial charge in [0, 0.05) is 11.8 Å². The second-order valence-corrected chi connectivity index (χ2v) is 4.88. The van der Waals surface area contributed by atoms with Crippen LogP contribution in [-0.2, 0) is 4.74 Å². The van der Waals surface area contributed by atoms with E-state index in [1.807, 2.05) is 0 Å². The number of rotatable bonds is 2. The lowest BCUT2D eigenvalue weighted by Crippen LogP contribution is -2.29. The Morgan fingerprint density at radius 2 is 1.50 bits per heavy atom. The van der Waals surface area contributed by atoms with Crippen molar-refractivity contribution in [3.8, 4) is 0 Å². The van der Waals surface area contributed by atoms with Crippen LogP contribution in [0.5, 0.6) is 0 Å². The molecule has 3 fully saturated rings. The number of ether oxygens (including phenoxy) is 1. The van der Waals surface area contributed by atoms with Crippen molar-refractivity contribution in [3.05, 3.63) is 0 Å². The van der Waals surface area contributed by atoms with E-state index in [-0.39, 0.29) is 0 Å². The van der Waals surface area contributed by atoms with Crippen molar-refractivity contribution in [1.29, 1.82) is 0 Å². The minimum atomic E-state index is 0.568. The van der Waals surface area contributed by atoms with Crippen LogP contribution in [0.3, 0.4) is 0 Å². The lowest BCUT2D eigenvalue weighted by molar-refractivity contribution is 0.253.